The van der Waals surface area contributed by atoms with Gasteiger partial charge < -0.3 is 16.0 Å². The number of aromatic nitrogens is 2. The Kier molecular flexibility index (Phi) is 5.18. The predicted molar refractivity (Wildman–Crippen MR) is 74.7 cm³/mol. The molecule has 1 aromatic rings. The number of rotatable bonds is 7. The van der Waals surface area contributed by atoms with Crippen molar-refractivity contribution in [3.05, 3.63) is 15.8 Å². The number of likely N-dealkylation sites (N-methyl/N-ethyl adjacent to an activating group) is 1. The van der Waals surface area contributed by atoms with E-state index < -0.39 is 10.8 Å². The van der Waals surface area contributed by atoms with Crippen LogP contribution >= 0.6 is 0 Å². The summed E-state index contributed by atoms with van der Waals surface area (Å²) < 4.78 is 0. The molecule has 20 heavy (non-hydrogen) atoms. The highest BCUT2D eigenvalue weighted by Gasteiger charge is 2.26. The molecule has 3 N–H and O–H groups in total. The molecule has 9 heteroatoms. The van der Waals surface area contributed by atoms with Crippen LogP contribution in [-0.2, 0) is 4.79 Å². The highest BCUT2D eigenvalue weighted by atomic mass is 16.6. The van der Waals surface area contributed by atoms with Crippen molar-refractivity contribution in [3.63, 3.8) is 0 Å². The van der Waals surface area contributed by atoms with Crippen molar-refractivity contribution < 1.29 is 9.72 Å². The van der Waals surface area contributed by atoms with Crippen LogP contribution in [0.25, 0.3) is 0 Å². The summed E-state index contributed by atoms with van der Waals surface area (Å²) in [5.41, 5.74) is 5.18. The third-order valence-corrected chi connectivity index (χ3v) is 2.59. The monoisotopic (exact) mass is 282 g/mol. The number of anilines is 2. The molecule has 0 atom stereocenters. The van der Waals surface area contributed by atoms with E-state index in [1.807, 2.05) is 6.92 Å². The van der Waals surface area contributed by atoms with E-state index in [0.717, 1.165) is 0 Å². The van der Waals surface area contributed by atoms with Crippen molar-refractivity contribution in [1.82, 2.24) is 9.97 Å². The van der Waals surface area contributed by atoms with Crippen LogP contribution in [0.2, 0.25) is 0 Å². The Balaban J connectivity index is 3.37. The first-order chi connectivity index (χ1) is 9.40. The second-order valence-corrected chi connectivity index (χ2v) is 4.07. The maximum absolute atomic E-state index is 11.2. The lowest BCUT2D eigenvalue weighted by atomic mass is 10.3. The molecule has 0 aliphatic rings. The van der Waals surface area contributed by atoms with E-state index in [4.69, 9.17) is 5.73 Å². The zero-order chi connectivity index (χ0) is 15.3. The SMILES string of the molecule is CCNc1nc(C)c([N+](=O)[O-])c(N(CC)CC(N)=O)n1. The van der Waals surface area contributed by atoms with Crippen LogP contribution in [0.3, 0.4) is 0 Å². The van der Waals surface area contributed by atoms with Gasteiger partial charge in [-0.2, -0.15) is 4.98 Å². The molecule has 1 amide bonds. The molecule has 1 rings (SSSR count). The fourth-order valence-corrected chi connectivity index (χ4v) is 1.75. The summed E-state index contributed by atoms with van der Waals surface area (Å²) in [4.78, 5) is 31.3. The van der Waals surface area contributed by atoms with Crippen molar-refractivity contribution in [3.8, 4) is 0 Å². The van der Waals surface area contributed by atoms with Crippen molar-refractivity contribution in [2.75, 3.05) is 29.9 Å². The lowest BCUT2D eigenvalue weighted by Crippen LogP contribution is -2.35. The van der Waals surface area contributed by atoms with Crippen LogP contribution in [0, 0.1) is 17.0 Å². The predicted octanol–water partition coefficient (Wildman–Crippen LogP) is 0.437. The second-order valence-electron chi connectivity index (χ2n) is 4.07. The van der Waals surface area contributed by atoms with Gasteiger partial charge in [-0.25, -0.2) is 4.98 Å². The zero-order valence-electron chi connectivity index (χ0n) is 11.7. The molecule has 0 saturated carbocycles. The molecule has 1 aromatic heterocycles. The number of hydrogen-bond donors (Lipinski definition) is 2. The van der Waals surface area contributed by atoms with E-state index >= 15 is 0 Å². The van der Waals surface area contributed by atoms with E-state index in [-0.39, 0.29) is 29.7 Å². The minimum absolute atomic E-state index is 0.0970. The van der Waals surface area contributed by atoms with Gasteiger partial charge in [0.1, 0.15) is 5.69 Å². The third kappa shape index (κ3) is 3.53. The van der Waals surface area contributed by atoms with Gasteiger partial charge in [-0.15, -0.1) is 0 Å². The number of nitrogens with zero attached hydrogens (tertiary/aromatic N) is 4. The van der Waals surface area contributed by atoms with Crippen LogP contribution < -0.4 is 16.0 Å². The molecule has 0 spiro atoms. The van der Waals surface area contributed by atoms with Crippen molar-refractivity contribution >= 4 is 23.4 Å². The van der Waals surface area contributed by atoms with Gasteiger partial charge in [0.2, 0.25) is 17.7 Å². The number of nitro groups is 1. The number of hydrogen-bond acceptors (Lipinski definition) is 7. The Morgan fingerprint density at radius 3 is 2.55 bits per heavy atom. The minimum Gasteiger partial charge on any atom is -0.368 e. The fraction of sp³-hybridized carbons (Fsp3) is 0.545. The molecule has 0 saturated heterocycles. The number of carbonyl (C=O) groups excluding carboxylic acids is 1. The molecular formula is C11H18N6O3. The van der Waals surface area contributed by atoms with E-state index in [1.165, 1.54) is 11.8 Å². The topological polar surface area (TPSA) is 127 Å². The van der Waals surface area contributed by atoms with Crippen LogP contribution in [0.15, 0.2) is 0 Å². The van der Waals surface area contributed by atoms with Gasteiger partial charge in [-0.05, 0) is 20.8 Å². The molecule has 0 fully saturated rings. The summed E-state index contributed by atoms with van der Waals surface area (Å²) >= 11 is 0. The highest BCUT2D eigenvalue weighted by Crippen LogP contribution is 2.29. The van der Waals surface area contributed by atoms with Gasteiger partial charge in [0.15, 0.2) is 0 Å². The first kappa shape index (κ1) is 15.6. The van der Waals surface area contributed by atoms with Gasteiger partial charge in [0, 0.05) is 13.1 Å². The number of nitrogens with one attached hydrogen (secondary N) is 1. The molecule has 0 aliphatic carbocycles. The smallest absolute Gasteiger partial charge is 0.332 e. The highest BCUT2D eigenvalue weighted by molar-refractivity contribution is 5.80. The lowest BCUT2D eigenvalue weighted by molar-refractivity contribution is -0.385. The molecule has 0 unspecified atom stereocenters. The number of aryl methyl sites for hydroxylation is 1. The summed E-state index contributed by atoms with van der Waals surface area (Å²) in [5.74, 6) is -0.198. The molecule has 110 valence electrons. The summed E-state index contributed by atoms with van der Waals surface area (Å²) in [6.07, 6.45) is 0. The molecule has 0 radical (unpaired) electrons. The van der Waals surface area contributed by atoms with Gasteiger partial charge in [0.05, 0.1) is 11.5 Å². The van der Waals surface area contributed by atoms with Gasteiger partial charge in [0.25, 0.3) is 0 Å². The van der Waals surface area contributed by atoms with Crippen LogP contribution in [0.1, 0.15) is 19.5 Å². The molecule has 0 aliphatic heterocycles. The average Bonchev–Trinajstić information content (AvgIpc) is 2.34. The van der Waals surface area contributed by atoms with Gasteiger partial charge in [-0.3, -0.25) is 14.9 Å². The van der Waals surface area contributed by atoms with E-state index in [2.05, 4.69) is 15.3 Å². The van der Waals surface area contributed by atoms with E-state index in [0.29, 0.717) is 13.1 Å². The first-order valence-electron chi connectivity index (χ1n) is 6.20. The van der Waals surface area contributed by atoms with Crippen molar-refractivity contribution in [1.29, 1.82) is 0 Å². The molecule has 1 heterocycles. The Hall–Kier alpha value is -2.45. The average molecular weight is 282 g/mol. The number of nitrogens with two attached hydrogens (primary N) is 1. The van der Waals surface area contributed by atoms with Crippen molar-refractivity contribution in [2.45, 2.75) is 20.8 Å². The Bertz CT molecular complexity index is 519. The van der Waals surface area contributed by atoms with Gasteiger partial charge in [-0.1, -0.05) is 0 Å². The molecule has 9 nitrogen and oxygen atoms in total. The van der Waals surface area contributed by atoms with Crippen LogP contribution in [-0.4, -0.2) is 40.4 Å². The number of amides is 1. The lowest BCUT2D eigenvalue weighted by Gasteiger charge is -2.20. The van der Waals surface area contributed by atoms with Crippen molar-refractivity contribution in [2.24, 2.45) is 5.73 Å². The van der Waals surface area contributed by atoms with E-state index in [9.17, 15) is 14.9 Å². The normalized spacial score (nSPS) is 10.2. The maximum Gasteiger partial charge on any atom is 0.332 e. The quantitative estimate of drug-likeness (QED) is 0.548. The Morgan fingerprint density at radius 1 is 1.45 bits per heavy atom. The summed E-state index contributed by atoms with van der Waals surface area (Å²) in [5, 5.41) is 14.1. The van der Waals surface area contributed by atoms with Gasteiger partial charge >= 0.3 is 5.69 Å². The number of primary amides is 1. The summed E-state index contributed by atoms with van der Waals surface area (Å²) in [6, 6.07) is 0. The Labute approximate surface area is 116 Å². The minimum atomic E-state index is -0.581. The fourth-order valence-electron chi connectivity index (χ4n) is 1.75. The molecule has 0 aromatic carbocycles. The molecule has 0 bridgehead atoms. The standard InChI is InChI=1S/C11H18N6O3/c1-4-13-11-14-7(3)9(17(19)20)10(15-11)16(5-2)6-8(12)18/h4-6H2,1-3H3,(H2,12,18)(H,13,14,15). The molecular weight excluding hydrogens is 264 g/mol. The zero-order valence-corrected chi connectivity index (χ0v) is 11.7. The third-order valence-electron chi connectivity index (χ3n) is 2.59. The second kappa shape index (κ2) is 6.64. The largest absolute Gasteiger partial charge is 0.368 e. The maximum atomic E-state index is 11.2. The summed E-state index contributed by atoms with van der Waals surface area (Å²) in [7, 11) is 0. The van der Waals surface area contributed by atoms with Crippen LogP contribution in [0.4, 0.5) is 17.5 Å². The summed E-state index contributed by atoms with van der Waals surface area (Å²) in [6.45, 7) is 5.96. The first-order valence-corrected chi connectivity index (χ1v) is 6.20. The van der Waals surface area contributed by atoms with E-state index in [1.54, 1.807) is 6.92 Å². The van der Waals surface area contributed by atoms with Crippen LogP contribution in [0.5, 0.6) is 0 Å². The number of carbonyl (C=O) groups is 1. The Morgan fingerprint density at radius 2 is 2.10 bits per heavy atom.